The van der Waals surface area contributed by atoms with Crippen molar-refractivity contribution >= 4 is 11.9 Å². The maximum Gasteiger partial charge on any atom is 0.331 e. The number of ether oxygens (including phenoxy) is 1. The number of aliphatic hydroxyl groups is 1. The molecule has 0 aliphatic rings. The highest BCUT2D eigenvalue weighted by molar-refractivity contribution is 5.94. The molecular formula is C7H11NO4. The number of amides is 1. The molecule has 0 bridgehead atoms. The van der Waals surface area contributed by atoms with Crippen LogP contribution in [0.2, 0.25) is 0 Å². The number of likely N-dealkylation sites (N-methyl/N-ethyl adjacent to an activating group) is 1. The zero-order valence-electron chi connectivity index (χ0n) is 6.74. The summed E-state index contributed by atoms with van der Waals surface area (Å²) in [5.74, 6) is -1.02. The lowest BCUT2D eigenvalue weighted by molar-refractivity contribution is -0.138. The highest BCUT2D eigenvalue weighted by Crippen LogP contribution is 1.80. The van der Waals surface area contributed by atoms with Gasteiger partial charge in [-0.05, 0) is 0 Å². The minimum atomic E-state index is -0.646. The molecule has 0 aromatic rings. The fraction of sp³-hybridized carbons (Fsp3) is 0.429. The van der Waals surface area contributed by atoms with Crippen molar-refractivity contribution in [1.29, 1.82) is 0 Å². The Morgan fingerprint density at radius 2 is 2.17 bits per heavy atom. The maximum absolute atomic E-state index is 10.6. The average molecular weight is 173 g/mol. The van der Waals surface area contributed by atoms with E-state index in [1.54, 1.807) is 0 Å². The van der Waals surface area contributed by atoms with Crippen molar-refractivity contribution in [2.75, 3.05) is 20.3 Å². The van der Waals surface area contributed by atoms with E-state index in [1.807, 2.05) is 0 Å². The first-order valence-corrected chi connectivity index (χ1v) is 3.38. The topological polar surface area (TPSA) is 75.6 Å². The lowest BCUT2D eigenvalue weighted by Gasteiger charge is -1.96. The molecule has 2 N–H and O–H groups in total. The van der Waals surface area contributed by atoms with E-state index >= 15 is 0 Å². The van der Waals surface area contributed by atoms with Gasteiger partial charge in [0.2, 0.25) is 5.91 Å². The normalized spacial score (nSPS) is 9.83. The van der Waals surface area contributed by atoms with Gasteiger partial charge in [-0.25, -0.2) is 4.79 Å². The van der Waals surface area contributed by atoms with Crippen LogP contribution < -0.4 is 5.32 Å². The van der Waals surface area contributed by atoms with Gasteiger partial charge in [0.1, 0.15) is 6.61 Å². The van der Waals surface area contributed by atoms with Crippen LogP contribution in [0.1, 0.15) is 0 Å². The van der Waals surface area contributed by atoms with Gasteiger partial charge >= 0.3 is 5.97 Å². The molecule has 0 fully saturated rings. The molecular weight excluding hydrogens is 162 g/mol. The second-order valence-electron chi connectivity index (χ2n) is 1.84. The van der Waals surface area contributed by atoms with Gasteiger partial charge in [-0.15, -0.1) is 0 Å². The molecule has 0 radical (unpaired) electrons. The Bertz CT molecular complexity index is 188. The minimum Gasteiger partial charge on any atom is -0.460 e. The summed E-state index contributed by atoms with van der Waals surface area (Å²) in [6.45, 7) is -0.281. The molecule has 0 saturated heterocycles. The molecule has 0 unspecified atom stereocenters. The molecule has 0 saturated carbocycles. The Balaban J connectivity index is 3.67. The summed E-state index contributed by atoms with van der Waals surface area (Å²) in [5.41, 5.74) is 0. The number of aliphatic hydroxyl groups excluding tert-OH is 1. The monoisotopic (exact) mass is 173 g/mol. The summed E-state index contributed by atoms with van der Waals surface area (Å²) in [6, 6.07) is 0. The lowest BCUT2D eigenvalue weighted by atomic mass is 10.5. The molecule has 5 heteroatoms. The van der Waals surface area contributed by atoms with Crippen molar-refractivity contribution in [3.63, 3.8) is 0 Å². The van der Waals surface area contributed by atoms with Crippen LogP contribution in [0.25, 0.3) is 0 Å². The fourth-order valence-corrected chi connectivity index (χ4v) is 0.421. The van der Waals surface area contributed by atoms with Crippen LogP contribution in [0.5, 0.6) is 0 Å². The number of hydrogen-bond acceptors (Lipinski definition) is 4. The Kier molecular flexibility index (Phi) is 5.64. The summed E-state index contributed by atoms with van der Waals surface area (Å²) in [5, 5.41) is 10.6. The predicted molar refractivity (Wildman–Crippen MR) is 41.3 cm³/mol. The van der Waals surface area contributed by atoms with Gasteiger partial charge in [0, 0.05) is 19.2 Å². The van der Waals surface area contributed by atoms with Crippen molar-refractivity contribution in [2.45, 2.75) is 0 Å². The number of hydrogen-bond donors (Lipinski definition) is 2. The Labute approximate surface area is 70.0 Å². The zero-order valence-corrected chi connectivity index (χ0v) is 6.74. The van der Waals surface area contributed by atoms with Gasteiger partial charge in [0.15, 0.2) is 0 Å². The first-order valence-electron chi connectivity index (χ1n) is 3.38. The molecule has 12 heavy (non-hydrogen) atoms. The van der Waals surface area contributed by atoms with Crippen LogP contribution in [-0.4, -0.2) is 37.2 Å². The lowest BCUT2D eigenvalue weighted by Crippen LogP contribution is -2.15. The van der Waals surface area contributed by atoms with Crippen molar-refractivity contribution in [3.8, 4) is 0 Å². The van der Waals surface area contributed by atoms with E-state index in [2.05, 4.69) is 10.1 Å². The van der Waals surface area contributed by atoms with Crippen molar-refractivity contribution in [2.24, 2.45) is 0 Å². The number of nitrogens with one attached hydrogen (secondary N) is 1. The van der Waals surface area contributed by atoms with Gasteiger partial charge in [-0.3, -0.25) is 4.79 Å². The van der Waals surface area contributed by atoms with Gasteiger partial charge < -0.3 is 15.2 Å². The van der Waals surface area contributed by atoms with E-state index in [1.165, 1.54) is 7.05 Å². The number of esters is 1. The van der Waals surface area contributed by atoms with Gasteiger partial charge in [-0.2, -0.15) is 0 Å². The predicted octanol–water partition coefficient (Wildman–Crippen LogP) is -1.18. The Hall–Kier alpha value is -1.36. The first kappa shape index (κ1) is 10.6. The molecule has 0 aromatic heterocycles. The molecule has 0 aromatic carbocycles. The van der Waals surface area contributed by atoms with Crippen molar-refractivity contribution in [1.82, 2.24) is 5.32 Å². The smallest absolute Gasteiger partial charge is 0.331 e. The SMILES string of the molecule is CNC(=O)/C=C\C(=O)OCCO. The second kappa shape index (κ2) is 6.36. The molecule has 1 amide bonds. The quantitative estimate of drug-likeness (QED) is 0.414. The molecule has 0 spiro atoms. The van der Waals surface area contributed by atoms with Crippen LogP contribution >= 0.6 is 0 Å². The molecule has 0 heterocycles. The number of carbonyl (C=O) groups is 2. The summed E-state index contributed by atoms with van der Waals surface area (Å²) in [7, 11) is 1.45. The first-order chi connectivity index (χ1) is 5.70. The summed E-state index contributed by atoms with van der Waals surface area (Å²) in [4.78, 5) is 21.2. The third-order valence-corrected chi connectivity index (χ3v) is 0.953. The molecule has 0 aliphatic carbocycles. The van der Waals surface area contributed by atoms with Gasteiger partial charge in [0.05, 0.1) is 6.61 Å². The third kappa shape index (κ3) is 5.43. The van der Waals surface area contributed by atoms with Crippen LogP contribution in [0.4, 0.5) is 0 Å². The maximum atomic E-state index is 10.6. The Morgan fingerprint density at radius 1 is 1.50 bits per heavy atom. The fourth-order valence-electron chi connectivity index (χ4n) is 0.421. The molecule has 0 rings (SSSR count). The van der Waals surface area contributed by atoms with Gasteiger partial charge in [0.25, 0.3) is 0 Å². The van der Waals surface area contributed by atoms with E-state index in [0.29, 0.717) is 0 Å². The van der Waals surface area contributed by atoms with E-state index in [-0.39, 0.29) is 19.1 Å². The number of carbonyl (C=O) groups excluding carboxylic acids is 2. The Morgan fingerprint density at radius 3 is 2.67 bits per heavy atom. The molecule has 68 valence electrons. The average Bonchev–Trinajstić information content (AvgIpc) is 2.10. The van der Waals surface area contributed by atoms with Crippen LogP contribution in [0.15, 0.2) is 12.2 Å². The highest BCUT2D eigenvalue weighted by Gasteiger charge is 1.96. The zero-order chi connectivity index (χ0) is 9.40. The standard InChI is InChI=1S/C7H11NO4/c1-8-6(10)2-3-7(11)12-5-4-9/h2-3,9H,4-5H2,1H3,(H,8,10)/b3-2-. The molecule has 0 atom stereocenters. The highest BCUT2D eigenvalue weighted by atomic mass is 16.5. The van der Waals surface area contributed by atoms with Crippen LogP contribution in [-0.2, 0) is 14.3 Å². The van der Waals surface area contributed by atoms with E-state index < -0.39 is 5.97 Å². The van der Waals surface area contributed by atoms with Crippen LogP contribution in [0, 0.1) is 0 Å². The van der Waals surface area contributed by atoms with Crippen molar-refractivity contribution in [3.05, 3.63) is 12.2 Å². The van der Waals surface area contributed by atoms with Gasteiger partial charge in [-0.1, -0.05) is 0 Å². The molecule has 5 nitrogen and oxygen atoms in total. The van der Waals surface area contributed by atoms with Crippen LogP contribution in [0.3, 0.4) is 0 Å². The minimum absolute atomic E-state index is 0.0586. The largest absolute Gasteiger partial charge is 0.460 e. The summed E-state index contributed by atoms with van der Waals surface area (Å²) < 4.78 is 4.43. The third-order valence-electron chi connectivity index (χ3n) is 0.953. The van der Waals surface area contributed by atoms with E-state index in [4.69, 9.17) is 5.11 Å². The van der Waals surface area contributed by atoms with E-state index in [0.717, 1.165) is 12.2 Å². The van der Waals surface area contributed by atoms with Crippen molar-refractivity contribution < 1.29 is 19.4 Å². The molecule has 0 aliphatic heterocycles. The second-order valence-corrected chi connectivity index (χ2v) is 1.84. The van der Waals surface area contributed by atoms with E-state index in [9.17, 15) is 9.59 Å². The summed E-state index contributed by atoms with van der Waals surface area (Å²) in [6.07, 6.45) is 2.05. The summed E-state index contributed by atoms with van der Waals surface area (Å²) >= 11 is 0. The number of rotatable bonds is 4.